The van der Waals surface area contributed by atoms with Gasteiger partial charge in [0, 0.05) is 19.3 Å². The van der Waals surface area contributed by atoms with E-state index in [1.807, 2.05) is 20.9 Å². The van der Waals surface area contributed by atoms with E-state index in [-0.39, 0.29) is 6.10 Å². The second-order valence-electron chi connectivity index (χ2n) is 5.54. The number of hydrogen-bond donors (Lipinski definition) is 1. The van der Waals surface area contributed by atoms with Crippen LogP contribution in [0.4, 0.5) is 0 Å². The average molecular weight is 263 g/mol. The zero-order valence-electron chi connectivity index (χ0n) is 12.2. The topological polar surface area (TPSA) is 30.5 Å². The number of hydrogen-bond acceptors (Lipinski definition) is 3. The van der Waals surface area contributed by atoms with Gasteiger partial charge in [-0.25, -0.2) is 0 Å². The van der Waals surface area contributed by atoms with Crippen molar-refractivity contribution >= 4 is 0 Å². The van der Waals surface area contributed by atoms with E-state index in [9.17, 15) is 0 Å². The Hall–Kier alpha value is -1.06. The Morgan fingerprint density at radius 3 is 2.58 bits per heavy atom. The van der Waals surface area contributed by atoms with E-state index in [2.05, 4.69) is 29.6 Å². The van der Waals surface area contributed by atoms with Gasteiger partial charge in [-0.15, -0.1) is 0 Å². The van der Waals surface area contributed by atoms with Gasteiger partial charge in [-0.1, -0.05) is 12.1 Å². The molecule has 1 aromatic carbocycles. The highest BCUT2D eigenvalue weighted by atomic mass is 16.5. The van der Waals surface area contributed by atoms with Crippen molar-refractivity contribution in [3.63, 3.8) is 0 Å². The molecule has 0 spiro atoms. The summed E-state index contributed by atoms with van der Waals surface area (Å²) in [7, 11) is 2.03. The van der Waals surface area contributed by atoms with Gasteiger partial charge in [-0.2, -0.15) is 0 Å². The predicted molar refractivity (Wildman–Crippen MR) is 77.5 cm³/mol. The molecule has 1 N–H and O–H groups in total. The maximum atomic E-state index is 5.68. The lowest BCUT2D eigenvalue weighted by Gasteiger charge is -2.20. The van der Waals surface area contributed by atoms with Crippen LogP contribution in [-0.2, 0) is 4.74 Å². The lowest BCUT2D eigenvalue weighted by atomic mass is 9.94. The highest BCUT2D eigenvalue weighted by Gasteiger charge is 2.20. The fraction of sp³-hybridized carbons (Fsp3) is 0.625. The van der Waals surface area contributed by atoms with E-state index < -0.39 is 0 Å². The van der Waals surface area contributed by atoms with Crippen molar-refractivity contribution in [2.45, 2.75) is 38.8 Å². The third kappa shape index (κ3) is 4.22. The number of ether oxygens (including phenoxy) is 2. The van der Waals surface area contributed by atoms with Crippen molar-refractivity contribution in [3.05, 3.63) is 29.8 Å². The lowest BCUT2D eigenvalue weighted by molar-refractivity contribution is 0.181. The molecule has 0 bridgehead atoms. The molecule has 1 saturated heterocycles. The van der Waals surface area contributed by atoms with Crippen LogP contribution in [0.3, 0.4) is 0 Å². The predicted octanol–water partition coefficient (Wildman–Crippen LogP) is 3.16. The van der Waals surface area contributed by atoms with Gasteiger partial charge in [0.1, 0.15) is 5.75 Å². The Kier molecular flexibility index (Phi) is 5.23. The molecule has 1 heterocycles. The lowest BCUT2D eigenvalue weighted by Crippen LogP contribution is -2.20. The van der Waals surface area contributed by atoms with E-state index >= 15 is 0 Å². The highest BCUT2D eigenvalue weighted by molar-refractivity contribution is 5.29. The first kappa shape index (κ1) is 14.4. The molecule has 1 fully saturated rings. The molecule has 0 radical (unpaired) electrons. The van der Waals surface area contributed by atoms with Crippen LogP contribution in [0.25, 0.3) is 0 Å². The van der Waals surface area contributed by atoms with Crippen LogP contribution in [0, 0.1) is 5.92 Å². The van der Waals surface area contributed by atoms with Crippen molar-refractivity contribution in [1.29, 1.82) is 0 Å². The Labute approximate surface area is 116 Å². The fourth-order valence-electron chi connectivity index (χ4n) is 2.57. The smallest absolute Gasteiger partial charge is 0.119 e. The van der Waals surface area contributed by atoms with Gasteiger partial charge < -0.3 is 14.8 Å². The quantitative estimate of drug-likeness (QED) is 0.855. The summed E-state index contributed by atoms with van der Waals surface area (Å²) in [6.45, 7) is 5.92. The first-order chi connectivity index (χ1) is 9.19. The zero-order valence-corrected chi connectivity index (χ0v) is 12.2. The molecule has 2 atom stereocenters. The second-order valence-corrected chi connectivity index (χ2v) is 5.54. The van der Waals surface area contributed by atoms with Crippen molar-refractivity contribution in [1.82, 2.24) is 5.32 Å². The molecule has 2 rings (SSSR count). The largest absolute Gasteiger partial charge is 0.491 e. The third-order valence-electron chi connectivity index (χ3n) is 3.60. The summed E-state index contributed by atoms with van der Waals surface area (Å²) in [5.74, 6) is 1.63. The number of nitrogens with one attached hydrogen (secondary N) is 1. The Bertz CT molecular complexity index is 369. The van der Waals surface area contributed by atoms with E-state index in [0.717, 1.165) is 25.4 Å². The van der Waals surface area contributed by atoms with E-state index in [4.69, 9.17) is 9.47 Å². The van der Waals surface area contributed by atoms with Crippen LogP contribution in [0.15, 0.2) is 24.3 Å². The van der Waals surface area contributed by atoms with E-state index in [0.29, 0.717) is 12.0 Å². The van der Waals surface area contributed by atoms with Crippen LogP contribution < -0.4 is 10.1 Å². The second kappa shape index (κ2) is 6.92. The molecule has 2 unspecified atom stereocenters. The minimum absolute atomic E-state index is 0.224. The summed E-state index contributed by atoms with van der Waals surface area (Å²) >= 11 is 0. The first-order valence-corrected chi connectivity index (χ1v) is 7.20. The van der Waals surface area contributed by atoms with Crippen molar-refractivity contribution in [3.8, 4) is 5.75 Å². The molecule has 0 saturated carbocycles. The minimum Gasteiger partial charge on any atom is -0.491 e. The number of benzene rings is 1. The minimum atomic E-state index is 0.224. The van der Waals surface area contributed by atoms with Crippen molar-refractivity contribution in [2.24, 2.45) is 5.92 Å². The van der Waals surface area contributed by atoms with Gasteiger partial charge in [-0.05, 0) is 57.4 Å². The van der Waals surface area contributed by atoms with Crippen LogP contribution in [0.1, 0.15) is 38.3 Å². The summed E-state index contributed by atoms with van der Waals surface area (Å²) in [4.78, 5) is 0. The first-order valence-electron chi connectivity index (χ1n) is 7.20. The van der Waals surface area contributed by atoms with Gasteiger partial charge >= 0.3 is 0 Å². The van der Waals surface area contributed by atoms with Crippen molar-refractivity contribution in [2.75, 3.05) is 20.3 Å². The summed E-state index contributed by atoms with van der Waals surface area (Å²) in [5, 5.41) is 3.41. The van der Waals surface area contributed by atoms with E-state index in [1.54, 1.807) is 0 Å². The molecular formula is C16H25NO2. The van der Waals surface area contributed by atoms with Crippen LogP contribution in [0.2, 0.25) is 0 Å². The SMILES string of the molecule is CNC(CC1CCOC1)c1ccc(OC(C)C)cc1. The monoisotopic (exact) mass is 263 g/mol. The van der Waals surface area contributed by atoms with Gasteiger partial charge in [0.05, 0.1) is 6.10 Å². The van der Waals surface area contributed by atoms with Gasteiger partial charge in [0.2, 0.25) is 0 Å². The molecule has 19 heavy (non-hydrogen) atoms. The fourth-order valence-corrected chi connectivity index (χ4v) is 2.57. The zero-order chi connectivity index (χ0) is 13.7. The maximum absolute atomic E-state index is 5.68. The molecule has 106 valence electrons. The summed E-state index contributed by atoms with van der Waals surface area (Å²) < 4.78 is 11.1. The van der Waals surface area contributed by atoms with Gasteiger partial charge in [-0.3, -0.25) is 0 Å². The van der Waals surface area contributed by atoms with E-state index in [1.165, 1.54) is 12.0 Å². The van der Waals surface area contributed by atoms with Crippen LogP contribution >= 0.6 is 0 Å². The van der Waals surface area contributed by atoms with Gasteiger partial charge in [0.25, 0.3) is 0 Å². The van der Waals surface area contributed by atoms with Crippen LogP contribution in [0.5, 0.6) is 5.75 Å². The molecule has 1 aromatic rings. The summed E-state index contributed by atoms with van der Waals surface area (Å²) in [6, 6.07) is 8.85. The molecule has 1 aliphatic heterocycles. The standard InChI is InChI=1S/C16H25NO2/c1-12(2)19-15-6-4-14(5-7-15)16(17-3)10-13-8-9-18-11-13/h4-7,12-13,16-17H,8-11H2,1-3H3. The maximum Gasteiger partial charge on any atom is 0.119 e. The molecule has 3 nitrogen and oxygen atoms in total. The Morgan fingerprint density at radius 2 is 2.05 bits per heavy atom. The molecule has 0 aromatic heterocycles. The summed E-state index contributed by atoms with van der Waals surface area (Å²) in [6.07, 6.45) is 2.55. The average Bonchev–Trinajstić information content (AvgIpc) is 2.89. The Morgan fingerprint density at radius 1 is 1.32 bits per heavy atom. The molecule has 0 amide bonds. The molecule has 1 aliphatic rings. The molecule has 0 aliphatic carbocycles. The molecule has 3 heteroatoms. The Balaban J connectivity index is 1.97. The van der Waals surface area contributed by atoms with Gasteiger partial charge in [0.15, 0.2) is 0 Å². The van der Waals surface area contributed by atoms with Crippen molar-refractivity contribution < 1.29 is 9.47 Å². The normalized spacial score (nSPS) is 20.7. The summed E-state index contributed by atoms with van der Waals surface area (Å²) in [5.41, 5.74) is 1.32. The number of rotatable bonds is 6. The van der Waals surface area contributed by atoms with Crippen LogP contribution in [-0.4, -0.2) is 26.4 Å². The third-order valence-corrected chi connectivity index (χ3v) is 3.60. The molecular weight excluding hydrogens is 238 g/mol. The highest BCUT2D eigenvalue weighted by Crippen LogP contribution is 2.27.